The lowest BCUT2D eigenvalue weighted by Gasteiger charge is -2.11. The maximum Gasteiger partial charge on any atom is 0.191 e. The summed E-state index contributed by atoms with van der Waals surface area (Å²) in [5.41, 5.74) is 3.52. The number of nitrogens with one attached hydrogen (secondary N) is 2. The minimum Gasteiger partial charge on any atom is -0.361 e. The van der Waals surface area contributed by atoms with Crippen molar-refractivity contribution in [1.82, 2.24) is 15.8 Å². The molecule has 0 radical (unpaired) electrons. The van der Waals surface area contributed by atoms with Crippen LogP contribution in [0.25, 0.3) is 0 Å². The molecule has 2 N–H and O–H groups in total. The molecule has 1 aromatic carbocycles. The summed E-state index contributed by atoms with van der Waals surface area (Å²) in [6.07, 6.45) is 2.99. The fourth-order valence-corrected chi connectivity index (χ4v) is 2.63. The van der Waals surface area contributed by atoms with Crippen LogP contribution in [-0.4, -0.2) is 30.8 Å². The fourth-order valence-electron chi connectivity index (χ4n) is 2.63. The lowest BCUT2D eigenvalue weighted by Crippen LogP contribution is -2.38. The summed E-state index contributed by atoms with van der Waals surface area (Å²) in [4.78, 5) is 4.65. The maximum atomic E-state index is 5.20. The van der Waals surface area contributed by atoms with Gasteiger partial charge in [-0.2, -0.15) is 0 Å². The van der Waals surface area contributed by atoms with Gasteiger partial charge in [-0.05, 0) is 45.6 Å². The molecule has 0 amide bonds. The van der Waals surface area contributed by atoms with E-state index in [1.807, 2.05) is 19.9 Å². The molecule has 5 nitrogen and oxygen atoms in total. The van der Waals surface area contributed by atoms with Crippen LogP contribution in [-0.2, 0) is 12.8 Å². The van der Waals surface area contributed by atoms with E-state index in [4.69, 9.17) is 4.52 Å². The van der Waals surface area contributed by atoms with Crippen molar-refractivity contribution in [3.05, 3.63) is 52.9 Å². The van der Waals surface area contributed by atoms with Gasteiger partial charge in [0.2, 0.25) is 0 Å². The minimum atomic E-state index is 0. The van der Waals surface area contributed by atoms with E-state index in [9.17, 15) is 0 Å². The van der Waals surface area contributed by atoms with Crippen molar-refractivity contribution in [2.75, 3.05) is 19.6 Å². The Morgan fingerprint density at radius 3 is 2.52 bits per heavy atom. The monoisotopic (exact) mass is 456 g/mol. The Labute approximate surface area is 167 Å². The molecule has 0 spiro atoms. The second-order valence-electron chi connectivity index (χ2n) is 5.83. The number of aromatic nitrogens is 1. The molecule has 25 heavy (non-hydrogen) atoms. The first-order valence-electron chi connectivity index (χ1n) is 8.68. The Hall–Kier alpha value is -1.57. The highest BCUT2D eigenvalue weighted by atomic mass is 127. The van der Waals surface area contributed by atoms with Gasteiger partial charge in [0, 0.05) is 25.2 Å². The van der Waals surface area contributed by atoms with E-state index in [0.717, 1.165) is 56.3 Å². The SMILES string of the molecule is CCNC(=NCCCc1ccccc1)NCCc1c(C)noc1C.I. The van der Waals surface area contributed by atoms with Crippen molar-refractivity contribution in [3.63, 3.8) is 0 Å². The number of guanidine groups is 1. The van der Waals surface area contributed by atoms with E-state index in [0.29, 0.717) is 0 Å². The summed E-state index contributed by atoms with van der Waals surface area (Å²) in [5.74, 6) is 1.77. The molecule has 0 aliphatic carbocycles. The van der Waals surface area contributed by atoms with Gasteiger partial charge < -0.3 is 15.2 Å². The van der Waals surface area contributed by atoms with E-state index in [1.54, 1.807) is 0 Å². The summed E-state index contributed by atoms with van der Waals surface area (Å²) < 4.78 is 5.20. The average Bonchev–Trinajstić information content (AvgIpc) is 2.91. The number of halogens is 1. The second kappa shape index (κ2) is 11.9. The molecule has 2 aromatic rings. The topological polar surface area (TPSA) is 62.5 Å². The average molecular weight is 456 g/mol. The molecule has 2 rings (SSSR count). The summed E-state index contributed by atoms with van der Waals surface area (Å²) >= 11 is 0. The van der Waals surface area contributed by atoms with Gasteiger partial charge in [-0.25, -0.2) is 0 Å². The first-order valence-corrected chi connectivity index (χ1v) is 8.68. The maximum absolute atomic E-state index is 5.20. The summed E-state index contributed by atoms with van der Waals surface area (Å²) in [6.45, 7) is 8.50. The second-order valence-corrected chi connectivity index (χ2v) is 5.83. The lowest BCUT2D eigenvalue weighted by atomic mass is 10.1. The number of hydrogen-bond donors (Lipinski definition) is 2. The molecule has 0 saturated heterocycles. The molecule has 6 heteroatoms. The number of aliphatic imine (C=N–C) groups is 1. The number of hydrogen-bond acceptors (Lipinski definition) is 3. The van der Waals surface area contributed by atoms with Crippen molar-refractivity contribution in [3.8, 4) is 0 Å². The van der Waals surface area contributed by atoms with Crippen LogP contribution in [0.15, 0.2) is 39.8 Å². The van der Waals surface area contributed by atoms with Crippen molar-refractivity contribution in [2.45, 2.75) is 40.0 Å². The van der Waals surface area contributed by atoms with Crippen LogP contribution in [0, 0.1) is 13.8 Å². The first-order chi connectivity index (χ1) is 11.7. The zero-order chi connectivity index (χ0) is 17.2. The molecule has 0 aliphatic heterocycles. The smallest absolute Gasteiger partial charge is 0.191 e. The number of nitrogens with zero attached hydrogens (tertiary/aromatic N) is 2. The van der Waals surface area contributed by atoms with Crippen LogP contribution < -0.4 is 10.6 Å². The first kappa shape index (κ1) is 21.5. The van der Waals surface area contributed by atoms with Gasteiger partial charge in [-0.15, -0.1) is 24.0 Å². The summed E-state index contributed by atoms with van der Waals surface area (Å²) in [5, 5.41) is 10.7. The van der Waals surface area contributed by atoms with Crippen LogP contribution in [0.5, 0.6) is 0 Å². The van der Waals surface area contributed by atoms with E-state index >= 15 is 0 Å². The highest BCUT2D eigenvalue weighted by Crippen LogP contribution is 2.12. The number of aryl methyl sites for hydroxylation is 3. The van der Waals surface area contributed by atoms with Crippen LogP contribution in [0.4, 0.5) is 0 Å². The standard InChI is InChI=1S/C19H28N4O.HI/c1-4-20-19(21-13-8-11-17-9-6-5-7-10-17)22-14-12-18-15(2)23-24-16(18)3;/h5-7,9-10H,4,8,11-14H2,1-3H3,(H2,20,21,22);1H. The molecule has 138 valence electrons. The zero-order valence-electron chi connectivity index (χ0n) is 15.3. The van der Waals surface area contributed by atoms with Crippen molar-refractivity contribution >= 4 is 29.9 Å². The molecular weight excluding hydrogens is 427 g/mol. The highest BCUT2D eigenvalue weighted by molar-refractivity contribution is 14.0. The van der Waals surface area contributed by atoms with E-state index in [2.05, 4.69) is 52.0 Å². The predicted octanol–water partition coefficient (Wildman–Crippen LogP) is 3.64. The van der Waals surface area contributed by atoms with Crippen LogP contribution in [0.2, 0.25) is 0 Å². The van der Waals surface area contributed by atoms with Crippen LogP contribution in [0.1, 0.15) is 35.9 Å². The van der Waals surface area contributed by atoms with E-state index < -0.39 is 0 Å². The Balaban J connectivity index is 0.00000312. The zero-order valence-corrected chi connectivity index (χ0v) is 17.7. The van der Waals surface area contributed by atoms with Gasteiger partial charge >= 0.3 is 0 Å². The summed E-state index contributed by atoms with van der Waals surface area (Å²) in [7, 11) is 0. The Bertz CT molecular complexity index is 621. The van der Waals surface area contributed by atoms with Gasteiger partial charge in [0.05, 0.1) is 5.69 Å². The molecule has 0 bridgehead atoms. The van der Waals surface area contributed by atoms with Crippen molar-refractivity contribution < 1.29 is 4.52 Å². The third-order valence-corrected chi connectivity index (χ3v) is 3.93. The van der Waals surface area contributed by atoms with Gasteiger partial charge in [0.25, 0.3) is 0 Å². The molecule has 1 heterocycles. The quantitative estimate of drug-likeness (QED) is 0.276. The van der Waals surface area contributed by atoms with Crippen LogP contribution >= 0.6 is 24.0 Å². The minimum absolute atomic E-state index is 0. The van der Waals surface area contributed by atoms with E-state index in [-0.39, 0.29) is 24.0 Å². The third kappa shape index (κ3) is 7.46. The predicted molar refractivity (Wildman–Crippen MR) is 114 cm³/mol. The summed E-state index contributed by atoms with van der Waals surface area (Å²) in [6, 6.07) is 10.5. The molecule has 0 fully saturated rings. The highest BCUT2D eigenvalue weighted by Gasteiger charge is 2.08. The molecule has 0 atom stereocenters. The van der Waals surface area contributed by atoms with E-state index in [1.165, 1.54) is 11.1 Å². The molecule has 0 saturated carbocycles. The Kier molecular flexibility index (Phi) is 10.2. The molecule has 1 aromatic heterocycles. The normalized spacial score (nSPS) is 11.1. The van der Waals surface area contributed by atoms with Gasteiger partial charge in [-0.1, -0.05) is 35.5 Å². The number of rotatable bonds is 8. The molecule has 0 aliphatic rings. The van der Waals surface area contributed by atoms with Gasteiger partial charge in [-0.3, -0.25) is 4.99 Å². The largest absolute Gasteiger partial charge is 0.361 e. The molecule has 0 unspecified atom stereocenters. The Morgan fingerprint density at radius 1 is 1.12 bits per heavy atom. The molecular formula is C19H29IN4O. The van der Waals surface area contributed by atoms with Crippen molar-refractivity contribution in [1.29, 1.82) is 0 Å². The Morgan fingerprint density at radius 2 is 1.88 bits per heavy atom. The number of benzene rings is 1. The lowest BCUT2D eigenvalue weighted by molar-refractivity contribution is 0.392. The van der Waals surface area contributed by atoms with Crippen molar-refractivity contribution in [2.24, 2.45) is 4.99 Å². The van der Waals surface area contributed by atoms with Crippen LogP contribution in [0.3, 0.4) is 0 Å². The third-order valence-electron chi connectivity index (χ3n) is 3.93. The van der Waals surface area contributed by atoms with Gasteiger partial charge in [0.1, 0.15) is 5.76 Å². The van der Waals surface area contributed by atoms with Gasteiger partial charge in [0.15, 0.2) is 5.96 Å². The fraction of sp³-hybridized carbons (Fsp3) is 0.474.